The van der Waals surface area contributed by atoms with Crippen molar-refractivity contribution in [3.63, 3.8) is 0 Å². The van der Waals surface area contributed by atoms with Gasteiger partial charge in [-0.15, -0.1) is 11.6 Å². The molecular weight excluding hydrogens is 353 g/mol. The number of pyridine rings is 1. The third kappa shape index (κ3) is 4.01. The van der Waals surface area contributed by atoms with Gasteiger partial charge in [0.05, 0.1) is 5.88 Å². The lowest BCUT2D eigenvalue weighted by Crippen LogP contribution is -2.42. The van der Waals surface area contributed by atoms with E-state index in [0.717, 1.165) is 30.0 Å². The standard InChI is InChI=1S/C12H17Br2ClN/c1-10-8-11(2-4-13)9-12(3-5-14)16(10)7-6-15/h8-9H,2-7H2,1H3/q+1. The van der Waals surface area contributed by atoms with Crippen LogP contribution in [0.3, 0.4) is 0 Å². The van der Waals surface area contributed by atoms with Gasteiger partial charge in [0.2, 0.25) is 0 Å². The smallest absolute Gasteiger partial charge is 0.182 e. The molecule has 0 N–H and O–H groups in total. The summed E-state index contributed by atoms with van der Waals surface area (Å²) in [5.41, 5.74) is 4.07. The molecule has 0 fully saturated rings. The summed E-state index contributed by atoms with van der Waals surface area (Å²) < 4.78 is 2.31. The van der Waals surface area contributed by atoms with Gasteiger partial charge < -0.3 is 0 Å². The molecule has 0 unspecified atom stereocenters. The summed E-state index contributed by atoms with van der Waals surface area (Å²) in [4.78, 5) is 0. The van der Waals surface area contributed by atoms with Crippen LogP contribution >= 0.6 is 43.5 Å². The minimum atomic E-state index is 0.665. The zero-order valence-corrected chi connectivity index (χ0v) is 13.4. The van der Waals surface area contributed by atoms with Crippen LogP contribution in [0.15, 0.2) is 12.1 Å². The van der Waals surface area contributed by atoms with Gasteiger partial charge in [0.1, 0.15) is 0 Å². The maximum atomic E-state index is 5.84. The van der Waals surface area contributed by atoms with Crippen molar-refractivity contribution in [1.29, 1.82) is 0 Å². The Morgan fingerprint density at radius 1 is 1.19 bits per heavy atom. The van der Waals surface area contributed by atoms with Crippen LogP contribution < -0.4 is 4.57 Å². The largest absolute Gasteiger partial charge is 0.199 e. The summed E-state index contributed by atoms with van der Waals surface area (Å²) in [5, 5.41) is 2.01. The highest BCUT2D eigenvalue weighted by Crippen LogP contribution is 2.08. The van der Waals surface area contributed by atoms with Crippen molar-refractivity contribution in [1.82, 2.24) is 0 Å². The second-order valence-electron chi connectivity index (χ2n) is 3.71. The van der Waals surface area contributed by atoms with Crippen LogP contribution in [0.1, 0.15) is 17.0 Å². The normalized spacial score (nSPS) is 10.8. The fourth-order valence-corrected chi connectivity index (χ4v) is 2.90. The van der Waals surface area contributed by atoms with Gasteiger partial charge >= 0.3 is 0 Å². The number of hydrogen-bond donors (Lipinski definition) is 0. The van der Waals surface area contributed by atoms with E-state index in [0.29, 0.717) is 5.88 Å². The highest BCUT2D eigenvalue weighted by atomic mass is 79.9. The first-order valence-corrected chi connectivity index (χ1v) is 8.20. The molecule has 0 atom stereocenters. The van der Waals surface area contributed by atoms with Crippen molar-refractivity contribution in [2.24, 2.45) is 0 Å². The van der Waals surface area contributed by atoms with Crippen LogP contribution in [0.5, 0.6) is 0 Å². The van der Waals surface area contributed by atoms with E-state index in [9.17, 15) is 0 Å². The molecule has 0 amide bonds. The molecule has 0 aliphatic carbocycles. The first-order valence-electron chi connectivity index (χ1n) is 5.43. The Kier molecular flexibility index (Phi) is 6.94. The van der Waals surface area contributed by atoms with Gasteiger partial charge in [0, 0.05) is 36.1 Å². The molecule has 0 spiro atoms. The number of aryl methyl sites for hydroxylation is 3. The van der Waals surface area contributed by atoms with Crippen LogP contribution in [-0.4, -0.2) is 16.5 Å². The molecule has 0 aliphatic rings. The first-order chi connectivity index (χ1) is 7.72. The van der Waals surface area contributed by atoms with E-state index in [2.05, 4.69) is 55.5 Å². The molecule has 4 heteroatoms. The first kappa shape index (κ1) is 14.5. The van der Waals surface area contributed by atoms with Crippen molar-refractivity contribution in [3.05, 3.63) is 29.1 Å². The van der Waals surface area contributed by atoms with Gasteiger partial charge in [-0.25, -0.2) is 0 Å². The fourth-order valence-electron chi connectivity index (χ4n) is 1.87. The molecule has 1 heterocycles. The maximum absolute atomic E-state index is 5.84. The topological polar surface area (TPSA) is 3.88 Å². The number of nitrogens with zero attached hydrogens (tertiary/aromatic N) is 1. The average molecular weight is 371 g/mol. The van der Waals surface area contributed by atoms with Crippen LogP contribution in [-0.2, 0) is 19.4 Å². The van der Waals surface area contributed by atoms with E-state index >= 15 is 0 Å². The number of halogens is 3. The molecule has 1 rings (SSSR count). The zero-order valence-electron chi connectivity index (χ0n) is 9.48. The Hall–Kier alpha value is 0.400. The van der Waals surface area contributed by atoms with E-state index < -0.39 is 0 Å². The van der Waals surface area contributed by atoms with E-state index in [1.54, 1.807) is 0 Å². The monoisotopic (exact) mass is 368 g/mol. The molecule has 0 radical (unpaired) electrons. The van der Waals surface area contributed by atoms with Gasteiger partial charge in [-0.1, -0.05) is 31.9 Å². The molecule has 1 aromatic rings. The number of aromatic nitrogens is 1. The molecular formula is C12H17Br2ClN+. The minimum absolute atomic E-state index is 0.665. The molecule has 0 bridgehead atoms. The second kappa shape index (κ2) is 7.67. The van der Waals surface area contributed by atoms with Crippen LogP contribution in [0, 0.1) is 6.92 Å². The Bertz CT molecular complexity index is 342. The summed E-state index contributed by atoms with van der Waals surface area (Å²) in [7, 11) is 0. The summed E-state index contributed by atoms with van der Waals surface area (Å²) in [6.45, 7) is 3.05. The SMILES string of the molecule is Cc1cc(CCBr)cc(CCBr)[n+]1CCCl. The zero-order chi connectivity index (χ0) is 12.0. The number of alkyl halides is 3. The summed E-state index contributed by atoms with van der Waals surface area (Å²) in [5.74, 6) is 0.665. The van der Waals surface area contributed by atoms with Crippen LogP contribution in [0.25, 0.3) is 0 Å². The third-order valence-corrected chi connectivity index (χ3v) is 3.52. The Balaban J connectivity index is 3.05. The lowest BCUT2D eigenvalue weighted by molar-refractivity contribution is -0.705. The lowest BCUT2D eigenvalue weighted by Gasteiger charge is -2.07. The van der Waals surface area contributed by atoms with Gasteiger partial charge in [0.15, 0.2) is 17.9 Å². The highest BCUT2D eigenvalue weighted by Gasteiger charge is 2.14. The van der Waals surface area contributed by atoms with Crippen molar-refractivity contribution in [2.45, 2.75) is 26.3 Å². The maximum Gasteiger partial charge on any atom is 0.182 e. The van der Waals surface area contributed by atoms with E-state index in [1.165, 1.54) is 17.0 Å². The molecule has 16 heavy (non-hydrogen) atoms. The number of rotatable bonds is 6. The van der Waals surface area contributed by atoms with Gasteiger partial charge in [-0.3, -0.25) is 0 Å². The van der Waals surface area contributed by atoms with E-state index in [-0.39, 0.29) is 0 Å². The van der Waals surface area contributed by atoms with Crippen molar-refractivity contribution in [3.8, 4) is 0 Å². The number of hydrogen-bond acceptors (Lipinski definition) is 0. The van der Waals surface area contributed by atoms with E-state index in [4.69, 9.17) is 11.6 Å². The lowest BCUT2D eigenvalue weighted by atomic mass is 10.1. The quantitative estimate of drug-likeness (QED) is 0.534. The molecule has 0 saturated heterocycles. The van der Waals surface area contributed by atoms with E-state index in [1.807, 2.05) is 0 Å². The summed E-state index contributed by atoms with van der Waals surface area (Å²) in [6, 6.07) is 4.55. The minimum Gasteiger partial charge on any atom is -0.199 e. The molecule has 0 aromatic carbocycles. The van der Waals surface area contributed by atoms with Gasteiger partial charge in [-0.2, -0.15) is 4.57 Å². The molecule has 0 saturated carbocycles. The average Bonchev–Trinajstić information content (AvgIpc) is 2.24. The van der Waals surface area contributed by atoms with Gasteiger partial charge in [0.25, 0.3) is 0 Å². The highest BCUT2D eigenvalue weighted by molar-refractivity contribution is 9.09. The predicted molar refractivity (Wildman–Crippen MR) is 77.1 cm³/mol. The Labute approximate surface area is 119 Å². The van der Waals surface area contributed by atoms with Crippen LogP contribution in [0.2, 0.25) is 0 Å². The Morgan fingerprint density at radius 2 is 1.88 bits per heavy atom. The Morgan fingerprint density at radius 3 is 2.44 bits per heavy atom. The van der Waals surface area contributed by atoms with Crippen molar-refractivity contribution >= 4 is 43.5 Å². The van der Waals surface area contributed by atoms with Crippen molar-refractivity contribution < 1.29 is 4.57 Å². The van der Waals surface area contributed by atoms with Crippen molar-refractivity contribution in [2.75, 3.05) is 16.5 Å². The fraction of sp³-hybridized carbons (Fsp3) is 0.583. The molecule has 1 nitrogen and oxygen atoms in total. The molecule has 0 aliphatic heterocycles. The second-order valence-corrected chi connectivity index (χ2v) is 5.68. The van der Waals surface area contributed by atoms with Crippen LogP contribution in [0.4, 0.5) is 0 Å². The molecule has 1 aromatic heterocycles. The molecule has 90 valence electrons. The third-order valence-electron chi connectivity index (χ3n) is 2.56. The predicted octanol–water partition coefficient (Wildman–Crippen LogP) is 3.40. The summed E-state index contributed by atoms with van der Waals surface area (Å²) in [6.07, 6.45) is 2.13. The summed E-state index contributed by atoms with van der Waals surface area (Å²) >= 11 is 12.8. The van der Waals surface area contributed by atoms with Gasteiger partial charge in [-0.05, 0) is 12.0 Å².